The molecular formula is C23H30N4O2. The number of anilines is 1. The van der Waals surface area contributed by atoms with E-state index in [0.29, 0.717) is 19.5 Å². The Morgan fingerprint density at radius 2 is 2.00 bits per heavy atom. The summed E-state index contributed by atoms with van der Waals surface area (Å²) in [6.45, 7) is 6.19. The van der Waals surface area contributed by atoms with Gasteiger partial charge in [0.05, 0.1) is 6.54 Å². The van der Waals surface area contributed by atoms with Crippen LogP contribution in [0, 0.1) is 6.92 Å². The highest BCUT2D eigenvalue weighted by atomic mass is 16.5. The van der Waals surface area contributed by atoms with E-state index in [1.54, 1.807) is 7.05 Å². The van der Waals surface area contributed by atoms with Crippen molar-refractivity contribution in [2.75, 3.05) is 25.0 Å². The summed E-state index contributed by atoms with van der Waals surface area (Å²) in [5, 5.41) is 6.61. The van der Waals surface area contributed by atoms with Crippen LogP contribution in [-0.2, 0) is 11.3 Å². The molecule has 154 valence electrons. The summed E-state index contributed by atoms with van der Waals surface area (Å²) in [6, 6.07) is 16.2. The molecule has 2 N–H and O–H groups in total. The number of carbonyl (C=O) groups is 1. The van der Waals surface area contributed by atoms with E-state index < -0.39 is 0 Å². The molecule has 29 heavy (non-hydrogen) atoms. The van der Waals surface area contributed by atoms with Gasteiger partial charge in [0.2, 0.25) is 5.91 Å². The molecule has 0 aliphatic carbocycles. The molecule has 1 atom stereocenters. The molecule has 1 aliphatic rings. The second kappa shape index (κ2) is 9.96. The van der Waals surface area contributed by atoms with Crippen LogP contribution < -0.4 is 20.3 Å². The number of amides is 1. The highest BCUT2D eigenvalue weighted by Crippen LogP contribution is 2.21. The fourth-order valence-corrected chi connectivity index (χ4v) is 3.32. The SMILES string of the molecule is CN=C(NCc1ccc(N2CCCC2=O)cc1)NCC(C)Oc1cccc(C)c1. The van der Waals surface area contributed by atoms with Crippen molar-refractivity contribution in [1.82, 2.24) is 10.6 Å². The first-order valence-electron chi connectivity index (χ1n) is 10.1. The van der Waals surface area contributed by atoms with Crippen molar-refractivity contribution in [3.8, 4) is 5.75 Å². The first-order chi connectivity index (χ1) is 14.0. The average Bonchev–Trinajstić information content (AvgIpc) is 3.14. The largest absolute Gasteiger partial charge is 0.489 e. The maximum Gasteiger partial charge on any atom is 0.227 e. The molecule has 3 rings (SSSR count). The van der Waals surface area contributed by atoms with Gasteiger partial charge in [-0.05, 0) is 55.7 Å². The van der Waals surface area contributed by atoms with Crippen LogP contribution in [-0.4, -0.2) is 38.1 Å². The monoisotopic (exact) mass is 394 g/mol. The van der Waals surface area contributed by atoms with Gasteiger partial charge in [0.15, 0.2) is 5.96 Å². The standard InChI is InChI=1S/C23H30N4O2/c1-17-6-4-7-21(14-17)29-18(2)15-25-23(24-3)26-16-19-9-11-20(12-10-19)27-13-5-8-22(27)28/h4,6-7,9-12,14,18H,5,8,13,15-16H2,1-3H3,(H2,24,25,26). The summed E-state index contributed by atoms with van der Waals surface area (Å²) in [4.78, 5) is 18.0. The highest BCUT2D eigenvalue weighted by molar-refractivity contribution is 5.95. The number of hydrogen-bond donors (Lipinski definition) is 2. The molecule has 2 aromatic rings. The van der Waals surface area contributed by atoms with Crippen molar-refractivity contribution in [2.45, 2.75) is 39.3 Å². The van der Waals surface area contributed by atoms with Gasteiger partial charge in [0.1, 0.15) is 11.9 Å². The zero-order chi connectivity index (χ0) is 20.6. The zero-order valence-corrected chi connectivity index (χ0v) is 17.4. The van der Waals surface area contributed by atoms with Gasteiger partial charge in [-0.25, -0.2) is 0 Å². The molecule has 2 aromatic carbocycles. The van der Waals surface area contributed by atoms with Gasteiger partial charge in [-0.3, -0.25) is 9.79 Å². The van der Waals surface area contributed by atoms with Crippen LogP contribution in [0.4, 0.5) is 5.69 Å². The normalized spacial score (nSPS) is 15.3. The summed E-state index contributed by atoms with van der Waals surface area (Å²) in [5.74, 6) is 1.81. The molecule has 0 saturated carbocycles. The predicted octanol–water partition coefficient (Wildman–Crippen LogP) is 3.25. The van der Waals surface area contributed by atoms with Crippen molar-refractivity contribution >= 4 is 17.6 Å². The Balaban J connectivity index is 1.44. The summed E-state index contributed by atoms with van der Waals surface area (Å²) in [7, 11) is 1.75. The van der Waals surface area contributed by atoms with Gasteiger partial charge in [0, 0.05) is 32.2 Å². The minimum atomic E-state index is 0.00707. The maximum atomic E-state index is 11.9. The molecule has 1 aliphatic heterocycles. The number of ether oxygens (including phenoxy) is 1. The Hall–Kier alpha value is -3.02. The fourth-order valence-electron chi connectivity index (χ4n) is 3.32. The molecule has 1 saturated heterocycles. The van der Waals surface area contributed by atoms with E-state index in [1.807, 2.05) is 54.3 Å². The number of carbonyl (C=O) groups excluding carboxylic acids is 1. The number of nitrogens with one attached hydrogen (secondary N) is 2. The fraction of sp³-hybridized carbons (Fsp3) is 0.391. The lowest BCUT2D eigenvalue weighted by Gasteiger charge is -2.18. The molecule has 0 radical (unpaired) electrons. The van der Waals surface area contributed by atoms with E-state index >= 15 is 0 Å². The van der Waals surface area contributed by atoms with E-state index in [0.717, 1.165) is 35.9 Å². The minimum Gasteiger partial charge on any atom is -0.489 e. The number of benzene rings is 2. The second-order valence-electron chi connectivity index (χ2n) is 7.37. The first kappa shape index (κ1) is 20.7. The van der Waals surface area contributed by atoms with Crippen LogP contribution in [0.25, 0.3) is 0 Å². The molecule has 1 amide bonds. The lowest BCUT2D eigenvalue weighted by atomic mass is 10.2. The zero-order valence-electron chi connectivity index (χ0n) is 17.4. The topological polar surface area (TPSA) is 66.0 Å². The van der Waals surface area contributed by atoms with E-state index in [2.05, 4.69) is 28.6 Å². The molecule has 1 fully saturated rings. The van der Waals surface area contributed by atoms with E-state index in [4.69, 9.17) is 4.74 Å². The summed E-state index contributed by atoms with van der Waals surface area (Å²) in [6.07, 6.45) is 1.60. The van der Waals surface area contributed by atoms with Gasteiger partial charge < -0.3 is 20.3 Å². The van der Waals surface area contributed by atoms with Gasteiger partial charge >= 0.3 is 0 Å². The van der Waals surface area contributed by atoms with Crippen molar-refractivity contribution < 1.29 is 9.53 Å². The maximum absolute atomic E-state index is 11.9. The van der Waals surface area contributed by atoms with Crippen molar-refractivity contribution in [2.24, 2.45) is 4.99 Å². The molecule has 1 heterocycles. The van der Waals surface area contributed by atoms with E-state index in [9.17, 15) is 4.79 Å². The molecular weight excluding hydrogens is 364 g/mol. The van der Waals surface area contributed by atoms with Crippen LogP contribution in [0.2, 0.25) is 0 Å². The van der Waals surface area contributed by atoms with Crippen LogP contribution in [0.1, 0.15) is 30.9 Å². The van der Waals surface area contributed by atoms with E-state index in [1.165, 1.54) is 5.56 Å². The number of guanidine groups is 1. The smallest absolute Gasteiger partial charge is 0.227 e. The Kier molecular flexibility index (Phi) is 7.11. The molecule has 1 unspecified atom stereocenters. The third-order valence-corrected chi connectivity index (χ3v) is 4.89. The van der Waals surface area contributed by atoms with Gasteiger partial charge in [-0.15, -0.1) is 0 Å². The third kappa shape index (κ3) is 5.98. The number of nitrogens with zero attached hydrogens (tertiary/aromatic N) is 2. The van der Waals surface area contributed by atoms with Gasteiger partial charge in [-0.2, -0.15) is 0 Å². The van der Waals surface area contributed by atoms with Gasteiger partial charge in [0.25, 0.3) is 0 Å². The predicted molar refractivity (Wildman–Crippen MR) is 117 cm³/mol. The number of rotatable bonds is 7. The number of aryl methyl sites for hydroxylation is 1. The molecule has 0 bridgehead atoms. The molecule has 0 aromatic heterocycles. The lowest BCUT2D eigenvalue weighted by molar-refractivity contribution is -0.117. The Morgan fingerprint density at radius 3 is 2.66 bits per heavy atom. The summed E-state index contributed by atoms with van der Waals surface area (Å²) < 4.78 is 5.95. The Morgan fingerprint density at radius 1 is 1.21 bits per heavy atom. The van der Waals surface area contributed by atoms with Crippen molar-refractivity contribution in [3.05, 3.63) is 59.7 Å². The van der Waals surface area contributed by atoms with Crippen LogP contribution in [0.5, 0.6) is 5.75 Å². The van der Waals surface area contributed by atoms with Crippen LogP contribution in [0.3, 0.4) is 0 Å². The van der Waals surface area contributed by atoms with E-state index in [-0.39, 0.29) is 12.0 Å². The quantitative estimate of drug-likeness (QED) is 0.559. The van der Waals surface area contributed by atoms with Crippen LogP contribution >= 0.6 is 0 Å². The Bertz CT molecular complexity index is 848. The van der Waals surface area contributed by atoms with Gasteiger partial charge in [-0.1, -0.05) is 24.3 Å². The average molecular weight is 395 g/mol. The lowest BCUT2D eigenvalue weighted by Crippen LogP contribution is -2.41. The third-order valence-electron chi connectivity index (χ3n) is 4.89. The first-order valence-corrected chi connectivity index (χ1v) is 10.1. The minimum absolute atomic E-state index is 0.00707. The molecule has 0 spiro atoms. The Labute approximate surface area is 173 Å². The number of aliphatic imine (C=N–C) groups is 1. The highest BCUT2D eigenvalue weighted by Gasteiger charge is 2.21. The van der Waals surface area contributed by atoms with Crippen molar-refractivity contribution in [1.29, 1.82) is 0 Å². The summed E-state index contributed by atoms with van der Waals surface area (Å²) in [5.41, 5.74) is 3.29. The molecule has 6 heteroatoms. The molecule has 6 nitrogen and oxygen atoms in total. The van der Waals surface area contributed by atoms with Crippen molar-refractivity contribution in [3.63, 3.8) is 0 Å². The van der Waals surface area contributed by atoms with Crippen LogP contribution in [0.15, 0.2) is 53.5 Å². The second-order valence-corrected chi connectivity index (χ2v) is 7.37. The number of hydrogen-bond acceptors (Lipinski definition) is 3. The summed E-state index contributed by atoms with van der Waals surface area (Å²) >= 11 is 0.